The van der Waals surface area contributed by atoms with Gasteiger partial charge in [0.2, 0.25) is 0 Å². The van der Waals surface area contributed by atoms with E-state index in [-0.39, 0.29) is 13.5 Å². The summed E-state index contributed by atoms with van der Waals surface area (Å²) >= 11 is 0. The van der Waals surface area contributed by atoms with Crippen molar-refractivity contribution in [1.29, 1.82) is 0 Å². The van der Waals surface area contributed by atoms with Crippen LogP contribution in [0.5, 0.6) is 0 Å². The maximum atomic E-state index is 3.54. The average molecular weight is 129 g/mol. The Morgan fingerprint density at radius 3 is 1.75 bits per heavy atom. The number of hydrogen-bond donors (Lipinski definition) is 1. The summed E-state index contributed by atoms with van der Waals surface area (Å²) in [6.07, 6.45) is 3.65. The Morgan fingerprint density at radius 1 is 1.12 bits per heavy atom. The third-order valence-electron chi connectivity index (χ3n) is 0.577. The minimum Gasteiger partial charge on any atom is -0.310 e. The number of rotatable bonds is 4. The van der Waals surface area contributed by atoms with Crippen LogP contribution in [-0.2, 0) is 0 Å². The number of nitrogens with one attached hydrogen (secondary N) is 1. The van der Waals surface area contributed by atoms with Crippen LogP contribution < -0.4 is 5.32 Å². The molecule has 0 amide bonds. The lowest BCUT2D eigenvalue weighted by molar-refractivity contribution is 0.845. The highest BCUT2D eigenvalue weighted by Crippen LogP contribution is 1.59. The van der Waals surface area contributed by atoms with Crippen LogP contribution in [-0.4, -0.2) is 13.1 Å². The highest BCUT2D eigenvalue weighted by molar-refractivity contribution is 7.59. The lowest BCUT2D eigenvalue weighted by atomic mass is 10.5. The molecule has 1 nitrogen and oxygen atoms in total. The monoisotopic (exact) mass is 129 g/mol. The maximum Gasteiger partial charge on any atom is 0.0135 e. The summed E-state index contributed by atoms with van der Waals surface area (Å²) in [6.45, 7) is 8.81. The van der Waals surface area contributed by atoms with E-state index in [1.165, 1.54) is 0 Å². The van der Waals surface area contributed by atoms with Crippen LogP contribution in [0.3, 0.4) is 0 Å². The first-order chi connectivity index (χ1) is 3.41. The summed E-state index contributed by atoms with van der Waals surface area (Å²) < 4.78 is 0. The average Bonchev–Trinajstić information content (AvgIpc) is 1.69. The van der Waals surface area contributed by atoms with Crippen LogP contribution in [0.15, 0.2) is 25.3 Å². The van der Waals surface area contributed by atoms with Crippen molar-refractivity contribution in [2.75, 3.05) is 13.1 Å². The van der Waals surface area contributed by atoms with Gasteiger partial charge < -0.3 is 5.32 Å². The fourth-order valence-corrected chi connectivity index (χ4v) is 0.287. The molecule has 0 unspecified atom stereocenters. The molecular formula is C6H11NS. The lowest BCUT2D eigenvalue weighted by Gasteiger charge is -1.90. The van der Waals surface area contributed by atoms with Crippen molar-refractivity contribution in [3.63, 3.8) is 0 Å². The van der Waals surface area contributed by atoms with Crippen LogP contribution in [0, 0.1) is 0 Å². The first-order valence-electron chi connectivity index (χ1n) is 2.34. The Morgan fingerprint density at radius 2 is 1.50 bits per heavy atom. The highest BCUT2D eigenvalue weighted by Gasteiger charge is 1.69. The Labute approximate surface area is 57.9 Å². The molecule has 2 radical (unpaired) electrons. The van der Waals surface area contributed by atoms with Gasteiger partial charge in [0.15, 0.2) is 0 Å². The van der Waals surface area contributed by atoms with E-state index in [0.29, 0.717) is 0 Å². The summed E-state index contributed by atoms with van der Waals surface area (Å²) in [6, 6.07) is 0. The maximum absolute atomic E-state index is 3.54. The van der Waals surface area contributed by atoms with Crippen LogP contribution in [0.1, 0.15) is 0 Å². The molecule has 46 valence electrons. The highest BCUT2D eigenvalue weighted by atomic mass is 32.1. The summed E-state index contributed by atoms with van der Waals surface area (Å²) in [4.78, 5) is 0. The van der Waals surface area contributed by atoms with Gasteiger partial charge in [-0.3, -0.25) is 0 Å². The largest absolute Gasteiger partial charge is 0.310 e. The van der Waals surface area contributed by atoms with Crippen molar-refractivity contribution in [3.8, 4) is 0 Å². The standard InChI is InChI=1S/C6H11N.S/c1-3-5-7-6-4-2;/h3-4,7H,1-2,5-6H2;. The zero-order valence-electron chi connectivity index (χ0n) is 4.89. The molecule has 0 atom stereocenters. The fraction of sp³-hybridized carbons (Fsp3) is 0.333. The van der Waals surface area contributed by atoms with Gasteiger partial charge >= 0.3 is 0 Å². The molecule has 0 saturated carbocycles. The first kappa shape index (κ1) is 10.7. The first-order valence-corrected chi connectivity index (χ1v) is 2.34. The summed E-state index contributed by atoms with van der Waals surface area (Å²) in [5, 5.41) is 3.05. The van der Waals surface area contributed by atoms with Crippen molar-refractivity contribution in [1.82, 2.24) is 5.32 Å². The van der Waals surface area contributed by atoms with Crippen molar-refractivity contribution in [2.45, 2.75) is 0 Å². The second-order valence-electron chi connectivity index (χ2n) is 1.24. The molecule has 0 aliphatic rings. The molecule has 1 N–H and O–H groups in total. The molecule has 8 heavy (non-hydrogen) atoms. The second kappa shape index (κ2) is 9.92. The van der Waals surface area contributed by atoms with E-state index in [1.54, 1.807) is 0 Å². The molecule has 0 spiro atoms. The normalized spacial score (nSPS) is 7.00. The molecule has 0 saturated heterocycles. The Bertz CT molecular complexity index is 53.5. The van der Waals surface area contributed by atoms with Gasteiger partial charge in [-0.05, 0) is 0 Å². The second-order valence-corrected chi connectivity index (χ2v) is 1.24. The molecular weight excluding hydrogens is 118 g/mol. The molecule has 0 aliphatic heterocycles. The van der Waals surface area contributed by atoms with E-state index < -0.39 is 0 Å². The van der Waals surface area contributed by atoms with E-state index in [2.05, 4.69) is 18.5 Å². The molecule has 0 heterocycles. The molecule has 0 aliphatic carbocycles. The van der Waals surface area contributed by atoms with Gasteiger partial charge in [-0.25, -0.2) is 0 Å². The lowest BCUT2D eigenvalue weighted by Crippen LogP contribution is -2.11. The van der Waals surface area contributed by atoms with Gasteiger partial charge in [-0.15, -0.1) is 13.2 Å². The van der Waals surface area contributed by atoms with Crippen LogP contribution in [0.2, 0.25) is 0 Å². The van der Waals surface area contributed by atoms with E-state index >= 15 is 0 Å². The summed E-state index contributed by atoms with van der Waals surface area (Å²) in [5.41, 5.74) is 0. The predicted octanol–water partition coefficient (Wildman–Crippen LogP) is 1.60. The molecule has 0 aromatic rings. The Hall–Kier alpha value is -0.210. The van der Waals surface area contributed by atoms with Gasteiger partial charge in [-0.1, -0.05) is 12.2 Å². The van der Waals surface area contributed by atoms with Crippen molar-refractivity contribution in [3.05, 3.63) is 25.3 Å². The molecule has 0 rings (SSSR count). The smallest absolute Gasteiger partial charge is 0.0135 e. The Kier molecular flexibility index (Phi) is 13.3. The molecule has 2 heteroatoms. The minimum atomic E-state index is 0. The van der Waals surface area contributed by atoms with Gasteiger partial charge in [-0.2, -0.15) is 0 Å². The predicted molar refractivity (Wildman–Crippen MR) is 40.9 cm³/mol. The van der Waals surface area contributed by atoms with Crippen molar-refractivity contribution in [2.24, 2.45) is 0 Å². The van der Waals surface area contributed by atoms with Gasteiger partial charge in [0, 0.05) is 26.6 Å². The SMILES string of the molecule is C=CCNCC=C.[S]. The molecule has 0 aromatic heterocycles. The quantitative estimate of drug-likeness (QED) is 0.449. The summed E-state index contributed by atoms with van der Waals surface area (Å²) in [5.74, 6) is 0. The van der Waals surface area contributed by atoms with E-state index in [4.69, 9.17) is 0 Å². The van der Waals surface area contributed by atoms with E-state index in [1.807, 2.05) is 12.2 Å². The molecule has 0 aromatic carbocycles. The number of hydrogen-bond acceptors (Lipinski definition) is 1. The summed E-state index contributed by atoms with van der Waals surface area (Å²) in [7, 11) is 0. The fourth-order valence-electron chi connectivity index (χ4n) is 0.287. The molecule has 0 bridgehead atoms. The van der Waals surface area contributed by atoms with Gasteiger partial charge in [0.25, 0.3) is 0 Å². The van der Waals surface area contributed by atoms with E-state index in [0.717, 1.165) is 13.1 Å². The van der Waals surface area contributed by atoms with Crippen molar-refractivity contribution < 1.29 is 0 Å². The zero-order valence-corrected chi connectivity index (χ0v) is 5.71. The van der Waals surface area contributed by atoms with Crippen LogP contribution in [0.25, 0.3) is 0 Å². The van der Waals surface area contributed by atoms with Gasteiger partial charge in [0.1, 0.15) is 0 Å². The van der Waals surface area contributed by atoms with Gasteiger partial charge in [0.05, 0.1) is 0 Å². The Balaban J connectivity index is 0. The molecule has 0 fully saturated rings. The van der Waals surface area contributed by atoms with Crippen LogP contribution in [0.4, 0.5) is 0 Å². The zero-order chi connectivity index (χ0) is 5.54. The topological polar surface area (TPSA) is 12.0 Å². The van der Waals surface area contributed by atoms with Crippen molar-refractivity contribution >= 4 is 13.5 Å². The minimum absolute atomic E-state index is 0. The van der Waals surface area contributed by atoms with E-state index in [9.17, 15) is 0 Å². The third kappa shape index (κ3) is 9.25. The van der Waals surface area contributed by atoms with Crippen LogP contribution >= 0.6 is 13.5 Å². The third-order valence-corrected chi connectivity index (χ3v) is 0.577.